The summed E-state index contributed by atoms with van der Waals surface area (Å²) in [5.74, 6) is 0.687. The lowest BCUT2D eigenvalue weighted by molar-refractivity contribution is -0.137. The molecule has 168 valence electrons. The van der Waals surface area contributed by atoms with Gasteiger partial charge < -0.3 is 14.4 Å². The summed E-state index contributed by atoms with van der Waals surface area (Å²) in [5, 5.41) is 14.7. The van der Waals surface area contributed by atoms with Crippen molar-refractivity contribution in [1.82, 2.24) is 30.5 Å². The Balaban J connectivity index is 1.26. The molecule has 32 heavy (non-hydrogen) atoms. The van der Waals surface area contributed by atoms with Gasteiger partial charge in [-0.1, -0.05) is 11.8 Å². The highest BCUT2D eigenvalue weighted by molar-refractivity contribution is 7.99. The number of likely N-dealkylation sites (tertiary alicyclic amines) is 1. The number of nitrogens with zero attached hydrogens (tertiary/aromatic N) is 5. The van der Waals surface area contributed by atoms with Gasteiger partial charge >= 0.3 is 12.3 Å². The highest BCUT2D eigenvalue weighted by atomic mass is 32.2. The van der Waals surface area contributed by atoms with Gasteiger partial charge in [0.1, 0.15) is 11.5 Å². The van der Waals surface area contributed by atoms with Gasteiger partial charge in [-0.25, -0.2) is 9.78 Å². The average Bonchev–Trinajstić information content (AvgIpc) is 3.28. The fourth-order valence-electron chi connectivity index (χ4n) is 2.98. The Labute approximate surface area is 184 Å². The summed E-state index contributed by atoms with van der Waals surface area (Å²) in [6.45, 7) is 1.10. The summed E-state index contributed by atoms with van der Waals surface area (Å²) in [4.78, 5) is 17.7. The normalized spacial score (nSPS) is 14.9. The number of ether oxygens (including phenoxy) is 2. The topological polar surface area (TPSA) is 106 Å². The summed E-state index contributed by atoms with van der Waals surface area (Å²) < 4.78 is 48.6. The number of aromatic amines is 1. The summed E-state index contributed by atoms with van der Waals surface area (Å²) in [7, 11) is 0. The average molecular weight is 466 g/mol. The zero-order chi connectivity index (χ0) is 22.6. The second-order valence-corrected chi connectivity index (χ2v) is 8.09. The maximum atomic E-state index is 12.6. The van der Waals surface area contributed by atoms with Crippen LogP contribution in [-0.4, -0.2) is 54.9 Å². The zero-order valence-electron chi connectivity index (χ0n) is 16.5. The number of nitrogens with one attached hydrogen (secondary N) is 1. The van der Waals surface area contributed by atoms with E-state index >= 15 is 0 Å². The molecule has 1 N–H and O–H groups in total. The molecule has 9 nitrogen and oxygen atoms in total. The number of halogens is 3. The molecule has 0 spiro atoms. The van der Waals surface area contributed by atoms with Crippen molar-refractivity contribution in [1.29, 1.82) is 0 Å². The standard InChI is InChI=1S/C19H17F3N6O3S/c20-19(21,22)12-1-6-16(23-11-12)30-13-2-4-14(5-3-13)31-18(29)28-9-7-15(8-10-28)32-17-24-26-27-25-17/h1-6,11,15H,7-10H2,(H,24,25,26,27). The summed E-state index contributed by atoms with van der Waals surface area (Å²) in [6.07, 6.45) is -2.65. The molecule has 1 amide bonds. The number of piperidine rings is 1. The third-order valence-corrected chi connectivity index (χ3v) is 5.80. The molecule has 0 aliphatic carbocycles. The first-order chi connectivity index (χ1) is 15.4. The molecule has 1 fully saturated rings. The van der Waals surface area contributed by atoms with E-state index in [-0.39, 0.29) is 5.88 Å². The maximum absolute atomic E-state index is 12.6. The lowest BCUT2D eigenvalue weighted by Gasteiger charge is -2.30. The number of rotatable bonds is 5. The van der Waals surface area contributed by atoms with Crippen molar-refractivity contribution in [3.05, 3.63) is 48.2 Å². The molecule has 2 aromatic heterocycles. The number of tetrazole rings is 1. The van der Waals surface area contributed by atoms with Gasteiger partial charge in [0.05, 0.1) is 5.56 Å². The van der Waals surface area contributed by atoms with Gasteiger partial charge in [-0.05, 0) is 48.4 Å². The van der Waals surface area contributed by atoms with Crippen LogP contribution in [-0.2, 0) is 6.18 Å². The van der Waals surface area contributed by atoms with Crippen LogP contribution in [0.5, 0.6) is 17.4 Å². The number of H-pyrrole nitrogens is 1. The monoisotopic (exact) mass is 466 g/mol. The molecule has 4 rings (SSSR count). The minimum absolute atomic E-state index is 0.0179. The van der Waals surface area contributed by atoms with Gasteiger partial charge in [0.2, 0.25) is 11.0 Å². The Hall–Kier alpha value is -3.35. The molecule has 1 aliphatic heterocycles. The van der Waals surface area contributed by atoms with Crippen LogP contribution in [0.1, 0.15) is 18.4 Å². The van der Waals surface area contributed by atoms with Crippen LogP contribution in [0.25, 0.3) is 0 Å². The number of carbonyl (C=O) groups excluding carboxylic acids is 1. The first-order valence-electron chi connectivity index (χ1n) is 9.55. The van der Waals surface area contributed by atoms with Crippen LogP contribution in [0.2, 0.25) is 0 Å². The van der Waals surface area contributed by atoms with E-state index in [4.69, 9.17) is 9.47 Å². The highest BCUT2D eigenvalue weighted by Crippen LogP contribution is 2.31. The van der Waals surface area contributed by atoms with Crippen LogP contribution in [0.15, 0.2) is 47.8 Å². The number of aromatic nitrogens is 5. The van der Waals surface area contributed by atoms with Crippen molar-refractivity contribution < 1.29 is 27.4 Å². The number of alkyl halides is 3. The van der Waals surface area contributed by atoms with E-state index in [0.717, 1.165) is 25.0 Å². The minimum atomic E-state index is -4.46. The maximum Gasteiger partial charge on any atom is 0.417 e. The number of benzene rings is 1. The Morgan fingerprint density at radius 1 is 1.09 bits per heavy atom. The Morgan fingerprint density at radius 2 is 1.81 bits per heavy atom. The molecular formula is C19H17F3N6O3S. The van der Waals surface area contributed by atoms with Crippen molar-refractivity contribution in [2.75, 3.05) is 13.1 Å². The van der Waals surface area contributed by atoms with E-state index in [1.807, 2.05) is 0 Å². The molecule has 0 bridgehead atoms. The van der Waals surface area contributed by atoms with Gasteiger partial charge in [-0.3, -0.25) is 0 Å². The van der Waals surface area contributed by atoms with Crippen molar-refractivity contribution in [3.63, 3.8) is 0 Å². The first kappa shape index (κ1) is 21.9. The van der Waals surface area contributed by atoms with Gasteiger partial charge in [0.15, 0.2) is 0 Å². The largest absolute Gasteiger partial charge is 0.439 e. The van der Waals surface area contributed by atoms with Gasteiger partial charge in [0, 0.05) is 30.6 Å². The Kier molecular flexibility index (Phi) is 6.44. The van der Waals surface area contributed by atoms with Gasteiger partial charge in [0.25, 0.3) is 0 Å². The number of carbonyl (C=O) groups is 1. The fourth-order valence-corrected chi connectivity index (χ4v) is 3.90. The van der Waals surface area contributed by atoms with Crippen LogP contribution in [0.4, 0.5) is 18.0 Å². The van der Waals surface area contributed by atoms with E-state index in [1.165, 1.54) is 36.0 Å². The molecule has 0 radical (unpaired) electrons. The first-order valence-corrected chi connectivity index (χ1v) is 10.4. The second kappa shape index (κ2) is 9.42. The minimum Gasteiger partial charge on any atom is -0.439 e. The molecule has 3 aromatic rings. The fraction of sp³-hybridized carbons (Fsp3) is 0.316. The van der Waals surface area contributed by atoms with Gasteiger partial charge in [-0.2, -0.15) is 18.4 Å². The van der Waals surface area contributed by atoms with E-state index in [0.29, 0.717) is 41.2 Å². The molecule has 13 heteroatoms. The quantitative estimate of drug-likeness (QED) is 0.598. The van der Waals surface area contributed by atoms with E-state index in [1.54, 1.807) is 4.90 Å². The molecule has 3 heterocycles. The van der Waals surface area contributed by atoms with Crippen molar-refractivity contribution in [2.45, 2.75) is 29.4 Å². The van der Waals surface area contributed by atoms with Crippen LogP contribution in [0.3, 0.4) is 0 Å². The number of thioether (sulfide) groups is 1. The lowest BCUT2D eigenvalue weighted by atomic mass is 10.1. The third-order valence-electron chi connectivity index (χ3n) is 4.61. The predicted molar refractivity (Wildman–Crippen MR) is 106 cm³/mol. The number of hydrogen-bond acceptors (Lipinski definition) is 8. The van der Waals surface area contributed by atoms with E-state index < -0.39 is 17.8 Å². The molecule has 1 aromatic carbocycles. The number of amides is 1. The van der Waals surface area contributed by atoms with E-state index in [9.17, 15) is 18.0 Å². The summed E-state index contributed by atoms with van der Waals surface area (Å²) in [5.41, 5.74) is -0.857. The molecule has 0 unspecified atom stereocenters. The van der Waals surface area contributed by atoms with Crippen molar-refractivity contribution in [2.24, 2.45) is 0 Å². The molecule has 1 aliphatic rings. The number of hydrogen-bond donors (Lipinski definition) is 1. The van der Waals surface area contributed by atoms with Crippen molar-refractivity contribution >= 4 is 17.9 Å². The van der Waals surface area contributed by atoms with E-state index in [2.05, 4.69) is 25.6 Å². The number of pyridine rings is 1. The molecule has 1 saturated heterocycles. The Morgan fingerprint density at radius 3 is 2.41 bits per heavy atom. The third kappa shape index (κ3) is 5.66. The molecule has 0 saturated carbocycles. The smallest absolute Gasteiger partial charge is 0.417 e. The predicted octanol–water partition coefficient (Wildman–Crippen LogP) is 4.16. The SMILES string of the molecule is O=C(Oc1ccc(Oc2ccc(C(F)(F)F)cn2)cc1)N1CCC(Sc2nn[nH]n2)CC1. The lowest BCUT2D eigenvalue weighted by Crippen LogP contribution is -2.40. The van der Waals surface area contributed by atoms with Crippen LogP contribution < -0.4 is 9.47 Å². The van der Waals surface area contributed by atoms with Crippen LogP contribution in [0, 0.1) is 0 Å². The Bertz CT molecular complexity index is 1020. The summed E-state index contributed by atoms with van der Waals surface area (Å²) in [6, 6.07) is 8.18. The molecular weight excluding hydrogens is 449 g/mol. The molecule has 0 atom stereocenters. The second-order valence-electron chi connectivity index (χ2n) is 6.82. The zero-order valence-corrected chi connectivity index (χ0v) is 17.3. The van der Waals surface area contributed by atoms with Crippen LogP contribution >= 0.6 is 11.8 Å². The highest BCUT2D eigenvalue weighted by Gasteiger charge is 2.30. The van der Waals surface area contributed by atoms with Crippen molar-refractivity contribution in [3.8, 4) is 17.4 Å². The van der Waals surface area contributed by atoms with Gasteiger partial charge in [-0.15, -0.1) is 10.2 Å². The summed E-state index contributed by atoms with van der Waals surface area (Å²) >= 11 is 1.52.